The predicted molar refractivity (Wildman–Crippen MR) is 131 cm³/mol. The van der Waals surface area contributed by atoms with Crippen molar-refractivity contribution in [1.29, 1.82) is 0 Å². The van der Waals surface area contributed by atoms with Crippen LogP contribution in [0.1, 0.15) is 57.9 Å². The summed E-state index contributed by atoms with van der Waals surface area (Å²) in [6, 6.07) is 20.1. The molecule has 0 radical (unpaired) electrons. The van der Waals surface area contributed by atoms with Gasteiger partial charge in [-0.25, -0.2) is 4.79 Å². The lowest BCUT2D eigenvalue weighted by Gasteiger charge is -2.42. The summed E-state index contributed by atoms with van der Waals surface area (Å²) in [5, 5.41) is 10.1. The molecule has 2 heterocycles. The van der Waals surface area contributed by atoms with E-state index in [1.807, 2.05) is 53.4 Å². The number of fused-ring (bicyclic) bond motifs is 1. The Kier molecular flexibility index (Phi) is 6.81. The van der Waals surface area contributed by atoms with E-state index in [-0.39, 0.29) is 23.6 Å². The fourth-order valence-corrected chi connectivity index (χ4v) is 5.92. The lowest BCUT2D eigenvalue weighted by atomic mass is 9.93. The van der Waals surface area contributed by atoms with Crippen LogP contribution in [-0.2, 0) is 17.8 Å². The molecular formula is C26H29N3O3S. The highest BCUT2D eigenvalue weighted by molar-refractivity contribution is 7.16. The molecule has 7 heteroatoms. The molecule has 0 unspecified atom stereocenters. The third kappa shape index (κ3) is 4.79. The second-order valence-corrected chi connectivity index (χ2v) is 9.55. The Morgan fingerprint density at radius 2 is 1.79 bits per heavy atom. The van der Waals surface area contributed by atoms with E-state index in [9.17, 15) is 14.7 Å². The number of benzene rings is 2. The van der Waals surface area contributed by atoms with Crippen molar-refractivity contribution in [2.45, 2.75) is 38.9 Å². The Bertz CT molecular complexity index is 1130. The molecule has 0 saturated heterocycles. The van der Waals surface area contributed by atoms with Crippen molar-refractivity contribution >= 4 is 28.2 Å². The molecule has 1 aliphatic rings. The van der Waals surface area contributed by atoms with Crippen molar-refractivity contribution in [3.63, 3.8) is 0 Å². The van der Waals surface area contributed by atoms with Gasteiger partial charge in [0.15, 0.2) is 0 Å². The molecule has 33 heavy (non-hydrogen) atoms. The van der Waals surface area contributed by atoms with Gasteiger partial charge in [-0.2, -0.15) is 0 Å². The number of anilines is 1. The average Bonchev–Trinajstić information content (AvgIpc) is 3.16. The Morgan fingerprint density at radius 1 is 1.15 bits per heavy atom. The Balaban J connectivity index is 1.73. The van der Waals surface area contributed by atoms with E-state index in [1.54, 1.807) is 6.92 Å². The van der Waals surface area contributed by atoms with E-state index >= 15 is 0 Å². The number of carbonyl (C=O) groups excluding carboxylic acids is 1. The van der Waals surface area contributed by atoms with Crippen LogP contribution in [0.25, 0.3) is 0 Å². The molecule has 3 N–H and O–H groups in total. The highest BCUT2D eigenvalue weighted by Crippen LogP contribution is 2.44. The Hall–Kier alpha value is -3.16. The summed E-state index contributed by atoms with van der Waals surface area (Å²) < 4.78 is 0. The summed E-state index contributed by atoms with van der Waals surface area (Å²) in [6.45, 7) is 5.41. The molecule has 1 aliphatic heterocycles. The van der Waals surface area contributed by atoms with Gasteiger partial charge in [-0.05, 0) is 30.0 Å². The number of hydrogen-bond acceptors (Lipinski definition) is 5. The topological polar surface area (TPSA) is 86.9 Å². The summed E-state index contributed by atoms with van der Waals surface area (Å²) in [5.74, 6) is -0.998. The number of hydrogen-bond donors (Lipinski definition) is 2. The average molecular weight is 464 g/mol. The van der Waals surface area contributed by atoms with E-state index < -0.39 is 5.97 Å². The maximum atomic E-state index is 12.7. The van der Waals surface area contributed by atoms with Crippen LogP contribution in [0.15, 0.2) is 60.7 Å². The standard InChI is InChI=1S/C26H29N3O3S/c1-17(20-11-7-4-8-12-20)29-14-13-21-23(26(31)32)25(27)33-24(21)22(29)16-28(18(2)30)15-19-9-5-3-6-10-19/h3-12,17,22H,13-16,27H2,1-2H3,(H,31,32)/t17-,22-/m0/s1. The number of aromatic carboxylic acids is 1. The fraction of sp³-hybridized carbons (Fsp3) is 0.308. The van der Waals surface area contributed by atoms with E-state index in [0.717, 1.165) is 16.0 Å². The van der Waals surface area contributed by atoms with Gasteiger partial charge < -0.3 is 15.7 Å². The monoisotopic (exact) mass is 463 g/mol. The molecule has 3 aromatic rings. The molecule has 0 bridgehead atoms. The first kappa shape index (κ1) is 23.0. The van der Waals surface area contributed by atoms with Crippen molar-refractivity contribution in [2.75, 3.05) is 18.8 Å². The zero-order valence-corrected chi connectivity index (χ0v) is 19.7. The minimum absolute atomic E-state index is 0.0127. The predicted octanol–water partition coefficient (Wildman–Crippen LogP) is 4.74. The van der Waals surface area contributed by atoms with Crippen molar-refractivity contribution in [2.24, 2.45) is 0 Å². The largest absolute Gasteiger partial charge is 0.478 e. The van der Waals surface area contributed by atoms with Gasteiger partial charge >= 0.3 is 5.97 Å². The van der Waals surface area contributed by atoms with Crippen LogP contribution >= 0.6 is 11.3 Å². The van der Waals surface area contributed by atoms with Gasteiger partial charge in [0.1, 0.15) is 5.00 Å². The first-order valence-corrected chi connectivity index (χ1v) is 11.9. The molecule has 1 amide bonds. The molecule has 0 spiro atoms. The summed E-state index contributed by atoms with van der Waals surface area (Å²) in [4.78, 5) is 29.7. The number of nitrogen functional groups attached to an aromatic ring is 1. The SMILES string of the molecule is CC(=O)N(Cc1ccccc1)C[C@H]1c2sc(N)c(C(=O)O)c2CCN1[C@@H](C)c1ccccc1. The van der Waals surface area contributed by atoms with Crippen LogP contribution in [-0.4, -0.2) is 39.9 Å². The maximum absolute atomic E-state index is 12.7. The maximum Gasteiger partial charge on any atom is 0.338 e. The lowest BCUT2D eigenvalue weighted by molar-refractivity contribution is -0.130. The number of amides is 1. The zero-order valence-electron chi connectivity index (χ0n) is 18.9. The second-order valence-electron chi connectivity index (χ2n) is 8.46. The molecule has 172 valence electrons. The third-order valence-electron chi connectivity index (χ3n) is 6.44. The molecule has 0 aliphatic carbocycles. The van der Waals surface area contributed by atoms with Gasteiger partial charge in [-0.3, -0.25) is 9.69 Å². The van der Waals surface area contributed by atoms with E-state index in [2.05, 4.69) is 24.0 Å². The summed E-state index contributed by atoms with van der Waals surface area (Å²) in [6.07, 6.45) is 0.622. The van der Waals surface area contributed by atoms with Crippen LogP contribution in [0.3, 0.4) is 0 Å². The van der Waals surface area contributed by atoms with E-state index in [1.165, 1.54) is 16.9 Å². The van der Waals surface area contributed by atoms with Gasteiger partial charge in [-0.15, -0.1) is 11.3 Å². The second kappa shape index (κ2) is 9.77. The fourth-order valence-electron chi connectivity index (χ4n) is 4.69. The van der Waals surface area contributed by atoms with Crippen molar-refractivity contribution in [1.82, 2.24) is 9.80 Å². The smallest absolute Gasteiger partial charge is 0.338 e. The Labute approximate surface area is 198 Å². The van der Waals surface area contributed by atoms with Gasteiger partial charge in [0.25, 0.3) is 0 Å². The summed E-state index contributed by atoms with van der Waals surface area (Å²) >= 11 is 1.35. The van der Waals surface area contributed by atoms with Gasteiger partial charge in [0.2, 0.25) is 5.91 Å². The van der Waals surface area contributed by atoms with Gasteiger partial charge in [0.05, 0.1) is 11.6 Å². The minimum Gasteiger partial charge on any atom is -0.478 e. The van der Waals surface area contributed by atoms with Crippen molar-refractivity contribution < 1.29 is 14.7 Å². The summed E-state index contributed by atoms with van der Waals surface area (Å²) in [7, 11) is 0. The van der Waals surface area contributed by atoms with E-state index in [0.29, 0.717) is 31.1 Å². The first-order valence-electron chi connectivity index (χ1n) is 11.1. The highest BCUT2D eigenvalue weighted by Gasteiger charge is 2.37. The number of carbonyl (C=O) groups is 2. The molecule has 2 aromatic carbocycles. The minimum atomic E-state index is -0.985. The number of thiophene rings is 1. The number of nitrogens with zero attached hydrogens (tertiary/aromatic N) is 2. The summed E-state index contributed by atoms with van der Waals surface area (Å²) in [5.41, 5.74) is 9.46. The molecule has 4 rings (SSSR count). The molecule has 0 saturated carbocycles. The first-order chi connectivity index (χ1) is 15.9. The number of carboxylic acids is 1. The van der Waals surface area contributed by atoms with Crippen molar-refractivity contribution in [3.05, 3.63) is 87.8 Å². The van der Waals surface area contributed by atoms with E-state index in [4.69, 9.17) is 5.73 Å². The molecule has 6 nitrogen and oxygen atoms in total. The van der Waals surface area contributed by atoms with Gasteiger partial charge in [0, 0.05) is 37.5 Å². The number of nitrogens with two attached hydrogens (primary N) is 1. The van der Waals surface area contributed by atoms with Crippen LogP contribution in [0.4, 0.5) is 5.00 Å². The number of rotatable bonds is 7. The van der Waals surface area contributed by atoms with Crippen molar-refractivity contribution in [3.8, 4) is 0 Å². The van der Waals surface area contributed by atoms with Crippen LogP contribution < -0.4 is 5.73 Å². The Morgan fingerprint density at radius 3 is 2.39 bits per heavy atom. The molecule has 2 atom stereocenters. The lowest BCUT2D eigenvalue weighted by Crippen LogP contribution is -2.44. The highest BCUT2D eigenvalue weighted by atomic mass is 32.1. The molecular weight excluding hydrogens is 434 g/mol. The van der Waals surface area contributed by atoms with Crippen LogP contribution in [0.5, 0.6) is 0 Å². The van der Waals surface area contributed by atoms with Gasteiger partial charge in [-0.1, -0.05) is 60.7 Å². The quantitative estimate of drug-likeness (QED) is 0.529. The third-order valence-corrected chi connectivity index (χ3v) is 7.60. The molecule has 1 aromatic heterocycles. The zero-order chi connectivity index (χ0) is 23.5. The molecule has 0 fully saturated rings. The van der Waals surface area contributed by atoms with Crippen LogP contribution in [0.2, 0.25) is 0 Å². The number of carboxylic acid groups (broad SMARTS) is 1. The van der Waals surface area contributed by atoms with Crippen LogP contribution in [0, 0.1) is 0 Å². The normalized spacial score (nSPS) is 16.7.